The fraction of sp³-hybridized carbons (Fsp3) is 0.286. The number of nitrogens with zero attached hydrogens (tertiary/aromatic N) is 2. The van der Waals surface area contributed by atoms with Gasteiger partial charge in [0.15, 0.2) is 5.78 Å². The van der Waals surface area contributed by atoms with Crippen LogP contribution < -0.4 is 4.74 Å². The minimum absolute atomic E-state index is 0.0333. The van der Waals surface area contributed by atoms with Crippen LogP contribution in [-0.4, -0.2) is 22.7 Å². The molecule has 0 amide bonds. The topological polar surface area (TPSA) is 44.1 Å². The van der Waals surface area contributed by atoms with Crippen molar-refractivity contribution in [1.82, 2.24) is 9.78 Å². The van der Waals surface area contributed by atoms with Crippen molar-refractivity contribution in [3.63, 3.8) is 0 Å². The van der Waals surface area contributed by atoms with E-state index in [1.54, 1.807) is 25.8 Å². The second kappa shape index (κ2) is 5.04. The van der Waals surface area contributed by atoms with Gasteiger partial charge in [0.1, 0.15) is 11.4 Å². The molecule has 0 N–H and O–H groups in total. The van der Waals surface area contributed by atoms with Gasteiger partial charge in [-0.25, -0.2) is 0 Å². The number of Topliss-reactive ketones (excluding diaryl/α,β-unsaturated/α-hetero) is 1. The van der Waals surface area contributed by atoms with Crippen LogP contribution in [0.5, 0.6) is 5.75 Å². The number of hydrogen-bond donors (Lipinski definition) is 0. The number of ether oxygens (including phenoxy) is 1. The number of carbonyl (C=O) groups is 1. The summed E-state index contributed by atoms with van der Waals surface area (Å²) in [4.78, 5) is 11.3. The highest BCUT2D eigenvalue weighted by Gasteiger charge is 2.09. The van der Waals surface area contributed by atoms with Gasteiger partial charge in [-0.15, -0.1) is 0 Å². The van der Waals surface area contributed by atoms with Crippen LogP contribution in [-0.2, 0) is 13.5 Å². The quantitative estimate of drug-likeness (QED) is 0.775. The van der Waals surface area contributed by atoms with Gasteiger partial charge in [0.25, 0.3) is 0 Å². The highest BCUT2D eigenvalue weighted by molar-refractivity contribution is 5.92. The van der Waals surface area contributed by atoms with Gasteiger partial charge in [0.05, 0.1) is 12.8 Å². The Bertz CT molecular complexity index is 556. The van der Waals surface area contributed by atoms with Crippen molar-refractivity contribution in [2.45, 2.75) is 13.3 Å². The highest BCUT2D eigenvalue weighted by Crippen LogP contribution is 2.15. The standard InChI is InChI=1S/C14H16N2O2/c1-10(17)14-9-12(15-16(14)2)8-11-4-6-13(18-3)7-5-11/h4-7,9H,8H2,1-3H3. The SMILES string of the molecule is COc1ccc(Cc2cc(C(C)=O)n(C)n2)cc1. The van der Waals surface area contributed by atoms with Crippen LogP contribution >= 0.6 is 0 Å². The zero-order valence-electron chi connectivity index (χ0n) is 10.8. The van der Waals surface area contributed by atoms with Crippen LogP contribution in [0.3, 0.4) is 0 Å². The first-order chi connectivity index (χ1) is 8.60. The zero-order chi connectivity index (χ0) is 13.1. The molecule has 1 aromatic heterocycles. The van der Waals surface area contributed by atoms with Crippen LogP contribution in [0.2, 0.25) is 0 Å². The molecule has 0 aliphatic rings. The number of ketones is 1. The maximum absolute atomic E-state index is 11.3. The molecule has 0 spiro atoms. The predicted octanol–water partition coefficient (Wildman–Crippen LogP) is 2.22. The molecule has 0 aliphatic carbocycles. The second-order valence-electron chi connectivity index (χ2n) is 4.23. The zero-order valence-corrected chi connectivity index (χ0v) is 10.8. The summed E-state index contributed by atoms with van der Waals surface area (Å²) in [6.07, 6.45) is 0.713. The largest absolute Gasteiger partial charge is 0.497 e. The van der Waals surface area contributed by atoms with Gasteiger partial charge in [-0.05, 0) is 23.8 Å². The summed E-state index contributed by atoms with van der Waals surface area (Å²) in [6.45, 7) is 1.55. The Hall–Kier alpha value is -2.10. The minimum Gasteiger partial charge on any atom is -0.497 e. The van der Waals surface area contributed by atoms with Gasteiger partial charge in [0.2, 0.25) is 0 Å². The van der Waals surface area contributed by atoms with Crippen LogP contribution in [0.25, 0.3) is 0 Å². The fourth-order valence-electron chi connectivity index (χ4n) is 1.90. The Morgan fingerprint density at radius 1 is 1.33 bits per heavy atom. The van der Waals surface area contributed by atoms with Gasteiger partial charge >= 0.3 is 0 Å². The van der Waals surface area contributed by atoms with Gasteiger partial charge in [0, 0.05) is 20.4 Å². The molecule has 1 aromatic carbocycles. The molecular weight excluding hydrogens is 228 g/mol. The van der Waals surface area contributed by atoms with E-state index in [0.717, 1.165) is 17.0 Å². The van der Waals surface area contributed by atoms with Crippen molar-refractivity contribution < 1.29 is 9.53 Å². The van der Waals surface area contributed by atoms with Crippen molar-refractivity contribution >= 4 is 5.78 Å². The molecule has 1 heterocycles. The first kappa shape index (κ1) is 12.4. The molecular formula is C14H16N2O2. The smallest absolute Gasteiger partial charge is 0.177 e. The molecule has 0 saturated carbocycles. The van der Waals surface area contributed by atoms with Crippen molar-refractivity contribution in [2.75, 3.05) is 7.11 Å². The Morgan fingerprint density at radius 2 is 2.00 bits per heavy atom. The fourth-order valence-corrected chi connectivity index (χ4v) is 1.90. The number of aryl methyl sites for hydroxylation is 1. The third-order valence-electron chi connectivity index (χ3n) is 2.84. The molecule has 4 nitrogen and oxygen atoms in total. The van der Waals surface area contributed by atoms with E-state index < -0.39 is 0 Å². The lowest BCUT2D eigenvalue weighted by Crippen LogP contribution is -2.02. The third kappa shape index (κ3) is 2.59. The average molecular weight is 244 g/mol. The molecule has 2 aromatic rings. The molecule has 0 bridgehead atoms. The Morgan fingerprint density at radius 3 is 2.50 bits per heavy atom. The first-order valence-corrected chi connectivity index (χ1v) is 5.77. The Labute approximate surface area is 106 Å². The van der Waals surface area contributed by atoms with E-state index in [0.29, 0.717) is 12.1 Å². The monoisotopic (exact) mass is 244 g/mol. The molecule has 4 heteroatoms. The summed E-state index contributed by atoms with van der Waals surface area (Å²) in [6, 6.07) is 9.68. The first-order valence-electron chi connectivity index (χ1n) is 5.77. The summed E-state index contributed by atoms with van der Waals surface area (Å²) >= 11 is 0. The van der Waals surface area contributed by atoms with Crippen molar-refractivity contribution in [1.29, 1.82) is 0 Å². The van der Waals surface area contributed by atoms with Gasteiger partial charge < -0.3 is 4.74 Å². The molecule has 0 atom stereocenters. The molecule has 2 rings (SSSR count). The van der Waals surface area contributed by atoms with Crippen LogP contribution in [0.1, 0.15) is 28.7 Å². The Balaban J connectivity index is 2.18. The molecule has 0 radical (unpaired) electrons. The van der Waals surface area contributed by atoms with Gasteiger partial charge in [-0.3, -0.25) is 9.48 Å². The average Bonchev–Trinajstić information content (AvgIpc) is 2.71. The van der Waals surface area contributed by atoms with E-state index in [-0.39, 0.29) is 5.78 Å². The van der Waals surface area contributed by atoms with E-state index in [1.165, 1.54) is 0 Å². The molecule has 94 valence electrons. The van der Waals surface area contributed by atoms with Gasteiger partial charge in [-0.1, -0.05) is 12.1 Å². The minimum atomic E-state index is 0.0333. The molecule has 0 fully saturated rings. The van der Waals surface area contributed by atoms with E-state index in [2.05, 4.69) is 5.10 Å². The normalized spacial score (nSPS) is 10.4. The molecule has 18 heavy (non-hydrogen) atoms. The molecule has 0 saturated heterocycles. The van der Waals surface area contributed by atoms with Crippen molar-refractivity contribution in [3.05, 3.63) is 47.3 Å². The number of aromatic nitrogens is 2. The lowest BCUT2D eigenvalue weighted by atomic mass is 10.1. The molecule has 0 unspecified atom stereocenters. The predicted molar refractivity (Wildman–Crippen MR) is 69.0 cm³/mol. The second-order valence-corrected chi connectivity index (χ2v) is 4.23. The Kier molecular flexibility index (Phi) is 3.46. The van der Waals surface area contributed by atoms with Crippen molar-refractivity contribution in [3.8, 4) is 5.75 Å². The summed E-state index contributed by atoms with van der Waals surface area (Å²) < 4.78 is 6.74. The third-order valence-corrected chi connectivity index (χ3v) is 2.84. The van der Waals surface area contributed by atoms with Crippen LogP contribution in [0.4, 0.5) is 0 Å². The van der Waals surface area contributed by atoms with Crippen LogP contribution in [0.15, 0.2) is 30.3 Å². The lowest BCUT2D eigenvalue weighted by Gasteiger charge is -2.01. The summed E-state index contributed by atoms with van der Waals surface area (Å²) in [5, 5.41) is 4.33. The summed E-state index contributed by atoms with van der Waals surface area (Å²) in [7, 11) is 3.43. The summed E-state index contributed by atoms with van der Waals surface area (Å²) in [5.74, 6) is 0.871. The van der Waals surface area contributed by atoms with E-state index in [4.69, 9.17) is 4.74 Å². The number of methoxy groups -OCH3 is 1. The summed E-state index contributed by atoms with van der Waals surface area (Å²) in [5.41, 5.74) is 2.68. The lowest BCUT2D eigenvalue weighted by molar-refractivity contribution is 0.100. The maximum Gasteiger partial charge on any atom is 0.177 e. The van der Waals surface area contributed by atoms with Crippen molar-refractivity contribution in [2.24, 2.45) is 7.05 Å². The van der Waals surface area contributed by atoms with Gasteiger partial charge in [-0.2, -0.15) is 5.10 Å². The van der Waals surface area contributed by atoms with E-state index in [1.807, 2.05) is 30.3 Å². The highest BCUT2D eigenvalue weighted by atomic mass is 16.5. The van der Waals surface area contributed by atoms with E-state index in [9.17, 15) is 4.79 Å². The maximum atomic E-state index is 11.3. The number of carbonyl (C=O) groups excluding carboxylic acids is 1. The van der Waals surface area contributed by atoms with E-state index >= 15 is 0 Å². The number of rotatable bonds is 4. The molecule has 0 aliphatic heterocycles. The number of hydrogen-bond acceptors (Lipinski definition) is 3. The van der Waals surface area contributed by atoms with Crippen LogP contribution in [0, 0.1) is 0 Å². The number of benzene rings is 1.